The van der Waals surface area contributed by atoms with Gasteiger partial charge in [-0.2, -0.15) is 0 Å². The number of benzene rings is 1. The molecule has 0 fully saturated rings. The number of halogens is 1. The number of hydrogen-bond acceptors (Lipinski definition) is 6. The maximum atomic E-state index is 12.3. The maximum absolute atomic E-state index is 12.3. The minimum absolute atomic E-state index is 0.168. The van der Waals surface area contributed by atoms with E-state index in [0.29, 0.717) is 40.9 Å². The molecule has 0 bridgehead atoms. The molecule has 0 unspecified atom stereocenters. The number of amides is 1. The van der Waals surface area contributed by atoms with Gasteiger partial charge in [-0.25, -0.2) is 4.98 Å². The second kappa shape index (κ2) is 11.0. The molecule has 2 aromatic heterocycles. The summed E-state index contributed by atoms with van der Waals surface area (Å²) in [5.74, 6) is 2.40. The largest absolute Gasteiger partial charge is 0.493 e. The van der Waals surface area contributed by atoms with Gasteiger partial charge in [0.1, 0.15) is 11.6 Å². The van der Waals surface area contributed by atoms with Crippen molar-refractivity contribution >= 4 is 35.1 Å². The molecular formula is C22H24ClN5O2S. The molecule has 0 aliphatic rings. The van der Waals surface area contributed by atoms with Gasteiger partial charge < -0.3 is 10.1 Å². The molecule has 1 aromatic carbocycles. The molecule has 3 rings (SSSR count). The third-order valence-electron chi connectivity index (χ3n) is 4.05. The number of pyridine rings is 1. The summed E-state index contributed by atoms with van der Waals surface area (Å²) in [4.78, 5) is 16.3. The summed E-state index contributed by atoms with van der Waals surface area (Å²) in [7, 11) is 0. The zero-order valence-corrected chi connectivity index (χ0v) is 19.0. The van der Waals surface area contributed by atoms with E-state index in [2.05, 4.69) is 40.9 Å². The van der Waals surface area contributed by atoms with Crippen LogP contribution >= 0.6 is 23.4 Å². The molecule has 0 radical (unpaired) electrons. The second-order valence-electron chi connectivity index (χ2n) is 7.13. The van der Waals surface area contributed by atoms with Crippen LogP contribution in [0.25, 0.3) is 11.4 Å². The monoisotopic (exact) mass is 457 g/mol. The SMILES string of the molecule is C=CCn1c(SCC(=O)Nc2ccc(Cl)cn2)nnc1-c1ccc(OCC(C)C)cc1. The lowest BCUT2D eigenvalue weighted by atomic mass is 10.2. The van der Waals surface area contributed by atoms with Gasteiger partial charge in [-0.05, 0) is 42.3 Å². The van der Waals surface area contributed by atoms with E-state index >= 15 is 0 Å². The van der Waals surface area contributed by atoms with Crippen LogP contribution < -0.4 is 10.1 Å². The molecule has 162 valence electrons. The molecule has 7 nitrogen and oxygen atoms in total. The molecule has 0 saturated heterocycles. The first kappa shape index (κ1) is 22.8. The predicted octanol–water partition coefficient (Wildman–Crippen LogP) is 4.95. The van der Waals surface area contributed by atoms with Gasteiger partial charge in [-0.1, -0.05) is 43.3 Å². The van der Waals surface area contributed by atoms with Crippen molar-refractivity contribution in [3.05, 3.63) is 60.3 Å². The Morgan fingerprint density at radius 1 is 1.26 bits per heavy atom. The highest BCUT2D eigenvalue weighted by atomic mass is 35.5. The van der Waals surface area contributed by atoms with Crippen molar-refractivity contribution in [3.8, 4) is 17.1 Å². The number of carbonyl (C=O) groups is 1. The lowest BCUT2D eigenvalue weighted by Crippen LogP contribution is -2.15. The third-order valence-corrected chi connectivity index (χ3v) is 5.24. The van der Waals surface area contributed by atoms with Crippen LogP contribution in [0.15, 0.2) is 60.4 Å². The van der Waals surface area contributed by atoms with Crippen molar-refractivity contribution in [1.82, 2.24) is 19.7 Å². The Balaban J connectivity index is 1.67. The summed E-state index contributed by atoms with van der Waals surface area (Å²) >= 11 is 7.11. The summed E-state index contributed by atoms with van der Waals surface area (Å²) < 4.78 is 7.67. The molecule has 0 aliphatic carbocycles. The zero-order valence-electron chi connectivity index (χ0n) is 17.4. The number of carbonyl (C=O) groups excluding carboxylic acids is 1. The average Bonchev–Trinajstić information content (AvgIpc) is 3.15. The fraction of sp³-hybridized carbons (Fsp3) is 0.273. The Bertz CT molecular complexity index is 1020. The molecule has 0 spiro atoms. The molecule has 3 aromatic rings. The van der Waals surface area contributed by atoms with Gasteiger partial charge in [0.2, 0.25) is 5.91 Å². The van der Waals surface area contributed by atoms with Gasteiger partial charge in [0.05, 0.1) is 17.4 Å². The van der Waals surface area contributed by atoms with Crippen LogP contribution in [0.2, 0.25) is 5.02 Å². The standard InChI is InChI=1S/C22H24ClN5O2S/c1-4-11-28-21(16-5-8-18(9-6-16)30-13-15(2)3)26-27-22(28)31-14-20(29)25-19-10-7-17(23)12-24-19/h4-10,12,15H,1,11,13-14H2,2-3H3,(H,24,25,29). The van der Waals surface area contributed by atoms with Crippen molar-refractivity contribution in [2.75, 3.05) is 17.7 Å². The van der Waals surface area contributed by atoms with Crippen LogP contribution in [-0.4, -0.2) is 38.0 Å². The topological polar surface area (TPSA) is 81.9 Å². The molecular weight excluding hydrogens is 434 g/mol. The number of rotatable bonds is 10. The van der Waals surface area contributed by atoms with Gasteiger partial charge >= 0.3 is 0 Å². The Labute approximate surface area is 190 Å². The lowest BCUT2D eigenvalue weighted by molar-refractivity contribution is -0.113. The van der Waals surface area contributed by atoms with Gasteiger partial charge in [0, 0.05) is 18.3 Å². The van der Waals surface area contributed by atoms with Crippen molar-refractivity contribution in [3.63, 3.8) is 0 Å². The minimum atomic E-state index is -0.193. The molecule has 1 N–H and O–H groups in total. The molecule has 9 heteroatoms. The quantitative estimate of drug-likeness (QED) is 0.343. The van der Waals surface area contributed by atoms with Crippen molar-refractivity contribution in [1.29, 1.82) is 0 Å². The van der Waals surface area contributed by atoms with Gasteiger partial charge in [-0.15, -0.1) is 16.8 Å². The van der Waals surface area contributed by atoms with E-state index in [-0.39, 0.29) is 11.7 Å². The Morgan fingerprint density at radius 3 is 2.68 bits per heavy atom. The number of thioether (sulfide) groups is 1. The number of nitrogens with one attached hydrogen (secondary N) is 1. The highest BCUT2D eigenvalue weighted by Crippen LogP contribution is 2.26. The Kier molecular flexibility index (Phi) is 8.08. The highest BCUT2D eigenvalue weighted by molar-refractivity contribution is 7.99. The lowest BCUT2D eigenvalue weighted by Gasteiger charge is -2.10. The molecule has 0 saturated carbocycles. The number of allylic oxidation sites excluding steroid dienone is 1. The first-order chi connectivity index (χ1) is 15.0. The van der Waals surface area contributed by atoms with Gasteiger partial charge in [-0.3, -0.25) is 9.36 Å². The van der Waals surface area contributed by atoms with E-state index < -0.39 is 0 Å². The van der Waals surface area contributed by atoms with Crippen molar-refractivity contribution < 1.29 is 9.53 Å². The molecule has 0 atom stereocenters. The Morgan fingerprint density at radius 2 is 2.03 bits per heavy atom. The second-order valence-corrected chi connectivity index (χ2v) is 8.51. The first-order valence-corrected chi connectivity index (χ1v) is 11.1. The van der Waals surface area contributed by atoms with E-state index in [9.17, 15) is 4.79 Å². The Hall–Kier alpha value is -2.84. The average molecular weight is 458 g/mol. The molecule has 2 heterocycles. The summed E-state index contributed by atoms with van der Waals surface area (Å²) in [6, 6.07) is 11.1. The van der Waals surface area contributed by atoms with Gasteiger partial charge in [0.25, 0.3) is 0 Å². The highest BCUT2D eigenvalue weighted by Gasteiger charge is 2.15. The van der Waals surface area contributed by atoms with Crippen molar-refractivity contribution in [2.45, 2.75) is 25.5 Å². The van der Waals surface area contributed by atoms with Crippen molar-refractivity contribution in [2.24, 2.45) is 5.92 Å². The number of anilines is 1. The minimum Gasteiger partial charge on any atom is -0.493 e. The van der Waals surface area contributed by atoms with Crippen LogP contribution in [0.1, 0.15) is 13.8 Å². The van der Waals surface area contributed by atoms with Crippen LogP contribution in [0.3, 0.4) is 0 Å². The molecule has 0 aliphatic heterocycles. The number of nitrogens with zero attached hydrogens (tertiary/aromatic N) is 4. The maximum Gasteiger partial charge on any atom is 0.236 e. The summed E-state index contributed by atoms with van der Waals surface area (Å²) in [6.45, 7) is 9.23. The van der Waals surface area contributed by atoms with Crippen LogP contribution in [0.5, 0.6) is 5.75 Å². The fourth-order valence-electron chi connectivity index (χ4n) is 2.62. The summed E-state index contributed by atoms with van der Waals surface area (Å²) in [5.41, 5.74) is 0.910. The number of ether oxygens (including phenoxy) is 1. The van der Waals surface area contributed by atoms with E-state index in [1.165, 1.54) is 18.0 Å². The van der Waals surface area contributed by atoms with E-state index in [1.807, 2.05) is 28.8 Å². The van der Waals surface area contributed by atoms with Crippen LogP contribution in [-0.2, 0) is 11.3 Å². The molecule has 1 amide bonds. The summed E-state index contributed by atoms with van der Waals surface area (Å²) in [6.07, 6.45) is 3.26. The van der Waals surface area contributed by atoms with E-state index in [1.54, 1.807) is 18.2 Å². The van der Waals surface area contributed by atoms with Crippen LogP contribution in [0, 0.1) is 5.92 Å². The predicted molar refractivity (Wildman–Crippen MR) is 125 cm³/mol. The fourth-order valence-corrected chi connectivity index (χ4v) is 3.48. The smallest absolute Gasteiger partial charge is 0.236 e. The summed E-state index contributed by atoms with van der Waals surface area (Å²) in [5, 5.41) is 12.5. The van der Waals surface area contributed by atoms with Gasteiger partial charge in [0.15, 0.2) is 11.0 Å². The zero-order chi connectivity index (χ0) is 22.2. The molecule has 31 heavy (non-hydrogen) atoms. The number of hydrogen-bond donors (Lipinski definition) is 1. The van der Waals surface area contributed by atoms with Crippen LogP contribution in [0.4, 0.5) is 5.82 Å². The van der Waals surface area contributed by atoms with E-state index in [0.717, 1.165) is 11.3 Å². The first-order valence-electron chi connectivity index (χ1n) is 9.77. The number of aromatic nitrogens is 4. The normalized spacial score (nSPS) is 10.8. The van der Waals surface area contributed by atoms with E-state index in [4.69, 9.17) is 16.3 Å². The third kappa shape index (κ3) is 6.57.